The average Bonchev–Trinajstić information content (AvgIpc) is 3.33. The second-order valence-electron chi connectivity index (χ2n) is 8.80. The Morgan fingerprint density at radius 2 is 1.66 bits per heavy atom. The Morgan fingerprint density at radius 1 is 0.895 bits per heavy atom. The lowest BCUT2D eigenvalue weighted by molar-refractivity contribution is 0.102. The first kappa shape index (κ1) is 24.2. The molecule has 0 spiro atoms. The maximum atomic E-state index is 12.8. The normalized spacial score (nSPS) is 11.1. The van der Waals surface area contributed by atoms with E-state index in [1.807, 2.05) is 97.1 Å². The van der Waals surface area contributed by atoms with Crippen molar-refractivity contribution in [2.75, 3.05) is 10.6 Å². The number of nitrogens with one attached hydrogen (secondary N) is 2. The van der Waals surface area contributed by atoms with Gasteiger partial charge in [-0.15, -0.1) is 0 Å². The molecule has 0 saturated carbocycles. The quantitative estimate of drug-likeness (QED) is 0.210. The number of hydrogen-bond acceptors (Lipinski definition) is 4. The van der Waals surface area contributed by atoms with Crippen LogP contribution in [0.3, 0.4) is 0 Å². The number of anilines is 2. The smallest absolute Gasteiger partial charge is 0.255 e. The maximum absolute atomic E-state index is 12.8. The summed E-state index contributed by atoms with van der Waals surface area (Å²) >= 11 is 9.98. The largest absolute Gasteiger partial charge is 0.366 e. The predicted molar refractivity (Wildman–Crippen MR) is 157 cm³/mol. The van der Waals surface area contributed by atoms with Crippen molar-refractivity contribution in [3.63, 3.8) is 0 Å². The van der Waals surface area contributed by atoms with Crippen LogP contribution < -0.4 is 10.6 Å². The number of carbonyl (C=O) groups is 1. The van der Waals surface area contributed by atoms with Crippen molar-refractivity contribution in [1.82, 2.24) is 14.6 Å². The minimum Gasteiger partial charge on any atom is -0.366 e. The molecule has 2 N–H and O–H groups in total. The summed E-state index contributed by atoms with van der Waals surface area (Å²) in [4.78, 5) is 17.6. The number of hydrogen-bond donors (Lipinski definition) is 2. The standard InChI is InChI=1S/C30H21BrClN5O/c31-25-18-34-37-28(16-27(36-29(25)37)24-7-3-4-8-26(24)32)33-17-19-9-13-23(14-10-19)35-30(38)22-12-11-20-5-1-2-6-21(20)15-22/h1-16,18,33H,17H2,(H,35,38). The number of benzene rings is 4. The lowest BCUT2D eigenvalue weighted by atomic mass is 10.1. The van der Waals surface area contributed by atoms with Gasteiger partial charge in [-0.25, -0.2) is 4.98 Å². The van der Waals surface area contributed by atoms with Crippen LogP contribution in [-0.4, -0.2) is 20.5 Å². The summed E-state index contributed by atoms with van der Waals surface area (Å²) in [5.41, 5.74) is 4.69. The number of amides is 1. The average molecular weight is 583 g/mol. The Balaban J connectivity index is 1.18. The van der Waals surface area contributed by atoms with Crippen LogP contribution in [-0.2, 0) is 6.54 Å². The van der Waals surface area contributed by atoms with Gasteiger partial charge in [0.15, 0.2) is 5.65 Å². The molecule has 8 heteroatoms. The van der Waals surface area contributed by atoms with Crippen LogP contribution in [0, 0.1) is 0 Å². The van der Waals surface area contributed by atoms with E-state index < -0.39 is 0 Å². The molecule has 0 bridgehead atoms. The van der Waals surface area contributed by atoms with Gasteiger partial charge in [-0.2, -0.15) is 9.61 Å². The molecule has 2 aromatic heterocycles. The molecular formula is C30H21BrClN5O. The topological polar surface area (TPSA) is 71.3 Å². The van der Waals surface area contributed by atoms with E-state index in [4.69, 9.17) is 16.6 Å². The Kier molecular flexibility index (Phi) is 6.54. The van der Waals surface area contributed by atoms with Crippen LogP contribution in [0.25, 0.3) is 27.7 Å². The highest BCUT2D eigenvalue weighted by Gasteiger charge is 2.13. The second kappa shape index (κ2) is 10.3. The predicted octanol–water partition coefficient (Wildman–Crippen LogP) is 7.83. The lowest BCUT2D eigenvalue weighted by Crippen LogP contribution is -2.12. The van der Waals surface area contributed by atoms with Gasteiger partial charge >= 0.3 is 0 Å². The summed E-state index contributed by atoms with van der Waals surface area (Å²) in [5.74, 6) is 0.640. The van der Waals surface area contributed by atoms with E-state index in [-0.39, 0.29) is 5.91 Å². The Hall–Kier alpha value is -4.20. The monoisotopic (exact) mass is 581 g/mol. The molecule has 6 aromatic rings. The molecule has 0 fully saturated rings. The molecule has 4 aromatic carbocycles. The van der Waals surface area contributed by atoms with Crippen molar-refractivity contribution in [1.29, 1.82) is 0 Å². The van der Waals surface area contributed by atoms with Crippen molar-refractivity contribution in [3.8, 4) is 11.3 Å². The number of fused-ring (bicyclic) bond motifs is 2. The number of nitrogens with zero attached hydrogens (tertiary/aromatic N) is 3. The van der Waals surface area contributed by atoms with Crippen LogP contribution in [0.5, 0.6) is 0 Å². The molecule has 0 aliphatic rings. The van der Waals surface area contributed by atoms with Crippen LogP contribution in [0.1, 0.15) is 15.9 Å². The van der Waals surface area contributed by atoms with Crippen molar-refractivity contribution >= 4 is 61.4 Å². The van der Waals surface area contributed by atoms with E-state index in [1.54, 1.807) is 10.7 Å². The van der Waals surface area contributed by atoms with Crippen LogP contribution >= 0.6 is 27.5 Å². The third-order valence-electron chi connectivity index (χ3n) is 6.28. The van der Waals surface area contributed by atoms with Gasteiger partial charge in [0.25, 0.3) is 5.91 Å². The summed E-state index contributed by atoms with van der Waals surface area (Å²) in [7, 11) is 0. The van der Waals surface area contributed by atoms with Gasteiger partial charge in [0.2, 0.25) is 0 Å². The third kappa shape index (κ3) is 4.86. The zero-order valence-electron chi connectivity index (χ0n) is 20.0. The Bertz CT molecular complexity index is 1800. The molecule has 0 radical (unpaired) electrons. The molecule has 6 nitrogen and oxygen atoms in total. The highest BCUT2D eigenvalue weighted by atomic mass is 79.9. The Morgan fingerprint density at radius 3 is 2.47 bits per heavy atom. The molecule has 0 saturated heterocycles. The van der Waals surface area contributed by atoms with Crippen molar-refractivity contribution in [2.45, 2.75) is 6.54 Å². The van der Waals surface area contributed by atoms with Gasteiger partial charge < -0.3 is 10.6 Å². The van der Waals surface area contributed by atoms with Gasteiger partial charge in [-0.05, 0) is 62.6 Å². The minimum absolute atomic E-state index is 0.142. The molecule has 0 aliphatic carbocycles. The molecule has 0 unspecified atom stereocenters. The third-order valence-corrected chi connectivity index (χ3v) is 7.16. The number of carbonyl (C=O) groups excluding carboxylic acids is 1. The molecule has 0 aliphatic heterocycles. The van der Waals surface area contributed by atoms with E-state index in [0.29, 0.717) is 22.8 Å². The van der Waals surface area contributed by atoms with Crippen LogP contribution in [0.15, 0.2) is 108 Å². The van der Waals surface area contributed by atoms with E-state index in [0.717, 1.165) is 43.6 Å². The fourth-order valence-corrected chi connectivity index (χ4v) is 4.88. The highest BCUT2D eigenvalue weighted by molar-refractivity contribution is 9.10. The van der Waals surface area contributed by atoms with E-state index in [9.17, 15) is 4.79 Å². The molecule has 6 rings (SSSR count). The number of rotatable bonds is 6. The summed E-state index contributed by atoms with van der Waals surface area (Å²) in [6, 6.07) is 31.0. The minimum atomic E-state index is -0.142. The summed E-state index contributed by atoms with van der Waals surface area (Å²) < 4.78 is 2.55. The molecule has 1 amide bonds. The van der Waals surface area contributed by atoms with E-state index >= 15 is 0 Å². The Labute approximate surface area is 232 Å². The van der Waals surface area contributed by atoms with Gasteiger partial charge in [0.1, 0.15) is 5.82 Å². The first-order valence-corrected chi connectivity index (χ1v) is 13.1. The fraction of sp³-hybridized carbons (Fsp3) is 0.0333. The van der Waals surface area contributed by atoms with Crippen LogP contribution in [0.2, 0.25) is 5.02 Å². The first-order valence-electron chi connectivity index (χ1n) is 12.0. The summed E-state index contributed by atoms with van der Waals surface area (Å²) in [6.45, 7) is 0.553. The van der Waals surface area contributed by atoms with Gasteiger partial charge in [0, 0.05) is 34.4 Å². The van der Waals surface area contributed by atoms with Gasteiger partial charge in [0.05, 0.1) is 16.4 Å². The second-order valence-corrected chi connectivity index (χ2v) is 10.1. The highest BCUT2D eigenvalue weighted by Crippen LogP contribution is 2.30. The van der Waals surface area contributed by atoms with E-state index in [2.05, 4.69) is 31.7 Å². The molecule has 38 heavy (non-hydrogen) atoms. The summed E-state index contributed by atoms with van der Waals surface area (Å²) in [6.07, 6.45) is 1.72. The van der Waals surface area contributed by atoms with Gasteiger partial charge in [-0.1, -0.05) is 72.3 Å². The molecule has 186 valence electrons. The van der Waals surface area contributed by atoms with Crippen molar-refractivity contribution in [3.05, 3.63) is 124 Å². The fourth-order valence-electron chi connectivity index (χ4n) is 4.30. The SMILES string of the molecule is O=C(Nc1ccc(CNc2cc(-c3ccccc3Cl)nc3c(Br)cnn23)cc1)c1ccc2ccccc2c1. The number of halogens is 2. The van der Waals surface area contributed by atoms with Crippen molar-refractivity contribution in [2.24, 2.45) is 0 Å². The van der Waals surface area contributed by atoms with Crippen molar-refractivity contribution < 1.29 is 4.79 Å². The molecule has 0 atom stereocenters. The van der Waals surface area contributed by atoms with Gasteiger partial charge in [-0.3, -0.25) is 4.79 Å². The number of aromatic nitrogens is 3. The summed E-state index contributed by atoms with van der Waals surface area (Å²) in [5, 5.41) is 13.7. The molecular weight excluding hydrogens is 562 g/mol. The maximum Gasteiger partial charge on any atom is 0.255 e. The first-order chi connectivity index (χ1) is 18.5. The molecule has 2 heterocycles. The zero-order chi connectivity index (χ0) is 26.1. The zero-order valence-corrected chi connectivity index (χ0v) is 22.4. The van der Waals surface area contributed by atoms with E-state index in [1.165, 1.54) is 0 Å². The van der Waals surface area contributed by atoms with Crippen LogP contribution in [0.4, 0.5) is 11.5 Å². The lowest BCUT2D eigenvalue weighted by Gasteiger charge is -2.12.